The molecule has 0 fully saturated rings. The highest BCUT2D eigenvalue weighted by molar-refractivity contribution is 7.93. The Labute approximate surface area is 177 Å². The Morgan fingerprint density at radius 1 is 1.03 bits per heavy atom. The predicted molar refractivity (Wildman–Crippen MR) is 104 cm³/mol. The predicted octanol–water partition coefficient (Wildman–Crippen LogP) is 3.30. The maximum atomic E-state index is 12.3. The zero-order valence-electron chi connectivity index (χ0n) is 16.1. The molecule has 2 aromatic rings. The van der Waals surface area contributed by atoms with Crippen molar-refractivity contribution in [2.45, 2.75) is 12.1 Å². The highest BCUT2D eigenvalue weighted by Crippen LogP contribution is 2.22. The third kappa shape index (κ3) is 10.3. The summed E-state index contributed by atoms with van der Waals surface area (Å²) in [5, 5.41) is 0. The van der Waals surface area contributed by atoms with Gasteiger partial charge in [-0.25, -0.2) is 9.00 Å². The van der Waals surface area contributed by atoms with Gasteiger partial charge in [-0.05, 0) is 29.8 Å². The average Bonchev–Trinajstić information content (AvgIpc) is 2.67. The molecule has 9 nitrogen and oxygen atoms in total. The largest absolute Gasteiger partial charge is 0.522 e. The molecular formula is C17H19F3O9S2. The SMILES string of the molecule is COC(=O)Oc1ccc(O[SH](C)(=O)OCc2ccccc2)cc1.O=S(=O)(O)C(F)(F)F. The molecule has 0 heterocycles. The summed E-state index contributed by atoms with van der Waals surface area (Å²) in [6, 6.07) is 15.5. The third-order valence-electron chi connectivity index (χ3n) is 3.06. The van der Waals surface area contributed by atoms with Crippen LogP contribution in [0.1, 0.15) is 5.56 Å². The van der Waals surface area contributed by atoms with Crippen LogP contribution in [0.2, 0.25) is 0 Å². The highest BCUT2D eigenvalue weighted by Gasteiger charge is 2.44. The number of carbonyl (C=O) groups excluding carboxylic acids is 1. The second-order valence-corrected chi connectivity index (χ2v) is 8.97. The Morgan fingerprint density at radius 3 is 1.97 bits per heavy atom. The van der Waals surface area contributed by atoms with Gasteiger partial charge in [-0.15, -0.1) is 0 Å². The van der Waals surface area contributed by atoms with Crippen molar-refractivity contribution in [3.05, 3.63) is 60.2 Å². The van der Waals surface area contributed by atoms with Crippen LogP contribution in [0.3, 0.4) is 0 Å². The van der Waals surface area contributed by atoms with Gasteiger partial charge in [0.15, 0.2) is 0 Å². The second-order valence-electron chi connectivity index (χ2n) is 5.57. The summed E-state index contributed by atoms with van der Waals surface area (Å²) in [5.41, 5.74) is -4.63. The molecule has 0 saturated heterocycles. The van der Waals surface area contributed by atoms with Gasteiger partial charge in [-0.1, -0.05) is 30.3 Å². The standard InChI is InChI=1S/C16H18O6S.CHF3O3S/c1-19-16(17)21-14-8-10-15(11-9-14)22-23(2,18)20-12-13-6-4-3-5-7-13;2-1(3,4)8(5,6)7/h3-11,23H,12H2,1-2H3;(H,5,6,7). The molecule has 174 valence electrons. The monoisotopic (exact) mass is 488 g/mol. The van der Waals surface area contributed by atoms with Gasteiger partial charge in [-0.3, -0.25) is 8.74 Å². The second kappa shape index (κ2) is 11.1. The Bertz CT molecular complexity index is 992. The number of hydrogen-bond acceptors (Lipinski definition) is 8. The third-order valence-corrected chi connectivity index (χ3v) is 4.79. The first-order valence-corrected chi connectivity index (χ1v) is 11.5. The van der Waals surface area contributed by atoms with Crippen LogP contribution in [0, 0.1) is 0 Å². The summed E-state index contributed by atoms with van der Waals surface area (Å²) in [4.78, 5) is 11.0. The normalized spacial score (nSPS) is 12.2. The van der Waals surface area contributed by atoms with Crippen LogP contribution in [-0.2, 0) is 36.1 Å². The minimum absolute atomic E-state index is 0.193. The molecule has 2 aromatic carbocycles. The fourth-order valence-electron chi connectivity index (χ4n) is 1.69. The Morgan fingerprint density at radius 2 is 1.52 bits per heavy atom. The number of carbonyl (C=O) groups is 1. The molecule has 1 N–H and O–H groups in total. The minimum atomic E-state index is -5.84. The van der Waals surface area contributed by atoms with E-state index in [1.807, 2.05) is 30.3 Å². The van der Waals surface area contributed by atoms with Crippen LogP contribution in [0.4, 0.5) is 18.0 Å². The zero-order valence-corrected chi connectivity index (χ0v) is 17.8. The van der Waals surface area contributed by atoms with E-state index in [1.165, 1.54) is 37.6 Å². The highest BCUT2D eigenvalue weighted by atomic mass is 32.3. The van der Waals surface area contributed by atoms with Crippen molar-refractivity contribution >= 4 is 26.8 Å². The van der Waals surface area contributed by atoms with Crippen LogP contribution in [0.5, 0.6) is 11.5 Å². The van der Waals surface area contributed by atoms with Gasteiger partial charge in [0, 0.05) is 6.26 Å². The molecule has 0 atom stereocenters. The summed E-state index contributed by atoms with van der Waals surface area (Å²) in [6.45, 7) is 0.193. The lowest BCUT2D eigenvalue weighted by Gasteiger charge is -2.21. The lowest BCUT2D eigenvalue weighted by Crippen LogP contribution is -2.21. The summed E-state index contributed by atoms with van der Waals surface area (Å²) >= 11 is 0. The Hall–Kier alpha value is -2.68. The number of halogens is 3. The summed E-state index contributed by atoms with van der Waals surface area (Å²) in [5.74, 6) is 0.640. The van der Waals surface area contributed by atoms with Gasteiger partial charge in [0.05, 0.1) is 13.7 Å². The first-order chi connectivity index (χ1) is 14.2. The van der Waals surface area contributed by atoms with Crippen molar-refractivity contribution in [3.63, 3.8) is 0 Å². The number of benzene rings is 2. The summed E-state index contributed by atoms with van der Waals surface area (Å²) < 4.78 is 89.8. The summed E-state index contributed by atoms with van der Waals surface area (Å²) in [6.07, 6.45) is 0.584. The number of methoxy groups -OCH3 is 1. The molecule has 0 unspecified atom stereocenters. The van der Waals surface area contributed by atoms with Crippen LogP contribution >= 0.6 is 0 Å². The number of alkyl halides is 3. The smallest absolute Gasteiger partial charge is 0.437 e. The molecule has 0 radical (unpaired) electrons. The van der Waals surface area contributed by atoms with Crippen molar-refractivity contribution < 1.29 is 53.0 Å². The number of rotatable bonds is 6. The van der Waals surface area contributed by atoms with E-state index < -0.39 is 32.3 Å². The van der Waals surface area contributed by atoms with E-state index in [-0.39, 0.29) is 6.61 Å². The lowest BCUT2D eigenvalue weighted by molar-refractivity contribution is -0.0510. The van der Waals surface area contributed by atoms with Crippen LogP contribution in [-0.4, -0.2) is 42.2 Å². The average molecular weight is 488 g/mol. The van der Waals surface area contributed by atoms with Crippen LogP contribution in [0.25, 0.3) is 0 Å². The molecule has 0 aliphatic carbocycles. The molecule has 2 rings (SSSR count). The summed E-state index contributed by atoms with van der Waals surface area (Å²) in [7, 11) is -7.88. The van der Waals surface area contributed by atoms with Gasteiger partial charge >= 0.3 is 21.8 Å². The molecule has 14 heteroatoms. The van der Waals surface area contributed by atoms with E-state index in [4.69, 9.17) is 26.1 Å². The van der Waals surface area contributed by atoms with E-state index >= 15 is 0 Å². The van der Waals surface area contributed by atoms with Crippen molar-refractivity contribution in [3.8, 4) is 11.5 Å². The topological polar surface area (TPSA) is 125 Å². The van der Waals surface area contributed by atoms with Gasteiger partial charge in [0.25, 0.3) is 0 Å². The molecule has 0 saturated carbocycles. The molecule has 0 aliphatic heterocycles. The van der Waals surface area contributed by atoms with Crippen molar-refractivity contribution in [1.29, 1.82) is 0 Å². The van der Waals surface area contributed by atoms with Gasteiger partial charge in [0.2, 0.25) is 0 Å². The zero-order chi connectivity index (χ0) is 23.7. The molecular weight excluding hydrogens is 469 g/mol. The maximum Gasteiger partial charge on any atom is 0.522 e. The molecule has 0 spiro atoms. The van der Waals surface area contributed by atoms with E-state index in [2.05, 4.69) is 4.74 Å². The molecule has 0 bridgehead atoms. The van der Waals surface area contributed by atoms with Gasteiger partial charge < -0.3 is 13.7 Å². The number of hydrogen-bond donors (Lipinski definition) is 2. The van der Waals surface area contributed by atoms with Crippen molar-refractivity contribution in [2.24, 2.45) is 0 Å². The molecule has 0 aliphatic rings. The van der Waals surface area contributed by atoms with E-state index in [1.54, 1.807) is 0 Å². The van der Waals surface area contributed by atoms with Crippen LogP contribution in [0.15, 0.2) is 54.6 Å². The first kappa shape index (κ1) is 26.4. The quantitative estimate of drug-likeness (QED) is 0.207. The number of ether oxygens (including phenoxy) is 2. The fourth-order valence-corrected chi connectivity index (χ4v) is 2.63. The Kier molecular flexibility index (Phi) is 9.42. The van der Waals surface area contributed by atoms with Gasteiger partial charge in [-0.2, -0.15) is 21.6 Å². The molecule has 0 aromatic heterocycles. The first-order valence-electron chi connectivity index (χ1n) is 8.09. The van der Waals surface area contributed by atoms with Crippen LogP contribution < -0.4 is 8.92 Å². The van der Waals surface area contributed by atoms with E-state index in [0.29, 0.717) is 11.5 Å². The minimum Gasteiger partial charge on any atom is -0.437 e. The van der Waals surface area contributed by atoms with Crippen molar-refractivity contribution in [1.82, 2.24) is 0 Å². The maximum absolute atomic E-state index is 12.3. The molecule has 0 amide bonds. The molecule has 31 heavy (non-hydrogen) atoms. The van der Waals surface area contributed by atoms with E-state index in [9.17, 15) is 22.2 Å². The fraction of sp³-hybridized carbons (Fsp3) is 0.235. The lowest BCUT2D eigenvalue weighted by atomic mass is 10.2. The van der Waals surface area contributed by atoms with Crippen molar-refractivity contribution in [2.75, 3.05) is 13.4 Å². The van der Waals surface area contributed by atoms with E-state index in [0.717, 1.165) is 5.56 Å². The number of thiol groups is 1. The Balaban J connectivity index is 0.000000512. The van der Waals surface area contributed by atoms with Gasteiger partial charge in [0.1, 0.15) is 22.0 Å².